The number of carbonyl (C=O) groups excluding carboxylic acids is 1. The quantitative estimate of drug-likeness (QED) is 0.399. The van der Waals surface area contributed by atoms with Crippen molar-refractivity contribution in [2.75, 3.05) is 4.90 Å². The molecule has 142 valence electrons. The summed E-state index contributed by atoms with van der Waals surface area (Å²) in [5, 5.41) is 7.68. The molecule has 1 aromatic carbocycles. The number of thiophene rings is 1. The van der Waals surface area contributed by atoms with Gasteiger partial charge in [-0.3, -0.25) is 14.4 Å². The fraction of sp³-hybridized carbons (Fsp3) is 0.105. The predicted molar refractivity (Wildman–Crippen MR) is 107 cm³/mol. The minimum Gasteiger partial charge on any atom is -0.278 e. The van der Waals surface area contributed by atoms with Crippen molar-refractivity contribution in [3.8, 4) is 21.3 Å². The van der Waals surface area contributed by atoms with Crippen LogP contribution < -0.4 is 4.90 Å². The number of aromatic nitrogens is 3. The Bertz CT molecular complexity index is 1100. The summed E-state index contributed by atoms with van der Waals surface area (Å²) in [5.74, 6) is -1.60. The van der Waals surface area contributed by atoms with Crippen LogP contribution in [0.1, 0.15) is 6.92 Å². The molecule has 1 amide bonds. The lowest BCUT2D eigenvalue weighted by atomic mass is 10.2. The van der Waals surface area contributed by atoms with Crippen LogP contribution in [0.4, 0.5) is 19.5 Å². The van der Waals surface area contributed by atoms with Crippen molar-refractivity contribution < 1.29 is 13.6 Å². The molecule has 28 heavy (non-hydrogen) atoms. The first kappa shape index (κ1) is 18.5. The Morgan fingerprint density at radius 1 is 1.21 bits per heavy atom. The summed E-state index contributed by atoms with van der Waals surface area (Å²) in [6, 6.07) is 8.90. The van der Waals surface area contributed by atoms with Crippen LogP contribution in [0, 0.1) is 11.6 Å². The summed E-state index contributed by atoms with van der Waals surface area (Å²) in [6.07, 6.45) is 2.13. The number of benzene rings is 1. The van der Waals surface area contributed by atoms with Crippen molar-refractivity contribution in [2.24, 2.45) is 0 Å². The number of para-hydroxylation sites is 1. The highest BCUT2D eigenvalue weighted by Gasteiger charge is 2.21. The van der Waals surface area contributed by atoms with E-state index in [1.165, 1.54) is 28.7 Å². The molecule has 3 heterocycles. The van der Waals surface area contributed by atoms with Crippen molar-refractivity contribution in [3.63, 3.8) is 0 Å². The summed E-state index contributed by atoms with van der Waals surface area (Å²) in [7, 11) is 0. The van der Waals surface area contributed by atoms with E-state index in [4.69, 9.17) is 0 Å². The summed E-state index contributed by atoms with van der Waals surface area (Å²) in [6.45, 7) is 2.62. The van der Waals surface area contributed by atoms with Gasteiger partial charge in [0.1, 0.15) is 33.0 Å². The molecule has 0 aliphatic carbocycles. The zero-order valence-electron chi connectivity index (χ0n) is 14.7. The van der Waals surface area contributed by atoms with E-state index in [9.17, 15) is 13.6 Å². The van der Waals surface area contributed by atoms with Gasteiger partial charge >= 0.3 is 0 Å². The summed E-state index contributed by atoms with van der Waals surface area (Å²) < 4.78 is 30.1. The van der Waals surface area contributed by atoms with Gasteiger partial charge in [0.2, 0.25) is 6.41 Å². The van der Waals surface area contributed by atoms with E-state index in [0.717, 1.165) is 38.3 Å². The van der Waals surface area contributed by atoms with Crippen LogP contribution in [-0.2, 0) is 11.3 Å². The molecule has 9 heteroatoms. The van der Waals surface area contributed by atoms with Gasteiger partial charge in [-0.2, -0.15) is 5.10 Å². The number of nitrogens with zero attached hydrogens (tertiary/aromatic N) is 4. The smallest absolute Gasteiger partial charge is 0.219 e. The molecule has 0 aliphatic heterocycles. The molecule has 0 atom stereocenters. The van der Waals surface area contributed by atoms with Crippen molar-refractivity contribution in [1.82, 2.24) is 14.8 Å². The van der Waals surface area contributed by atoms with Gasteiger partial charge in [-0.25, -0.2) is 13.8 Å². The Morgan fingerprint density at radius 3 is 2.64 bits per heavy atom. The second-order valence-electron chi connectivity index (χ2n) is 5.75. The third-order valence-electron chi connectivity index (χ3n) is 4.10. The topological polar surface area (TPSA) is 51.0 Å². The van der Waals surface area contributed by atoms with Gasteiger partial charge in [-0.15, -0.1) is 22.7 Å². The summed E-state index contributed by atoms with van der Waals surface area (Å²) >= 11 is 2.75. The van der Waals surface area contributed by atoms with Crippen LogP contribution in [0.5, 0.6) is 0 Å². The second kappa shape index (κ2) is 7.61. The van der Waals surface area contributed by atoms with E-state index in [0.29, 0.717) is 18.0 Å². The third-order valence-corrected chi connectivity index (χ3v) is 6.00. The van der Waals surface area contributed by atoms with Crippen molar-refractivity contribution in [3.05, 3.63) is 59.6 Å². The monoisotopic (exact) mass is 416 g/mol. The fourth-order valence-corrected chi connectivity index (χ4v) is 4.43. The maximum absolute atomic E-state index is 14.1. The number of rotatable bonds is 6. The van der Waals surface area contributed by atoms with E-state index in [2.05, 4.69) is 10.1 Å². The highest BCUT2D eigenvalue weighted by Crippen LogP contribution is 2.39. The zero-order valence-corrected chi connectivity index (χ0v) is 16.3. The molecule has 0 saturated carbocycles. The lowest BCUT2D eigenvalue weighted by Gasteiger charge is -2.16. The summed E-state index contributed by atoms with van der Waals surface area (Å²) in [4.78, 5) is 17.7. The lowest BCUT2D eigenvalue weighted by Crippen LogP contribution is -2.15. The highest BCUT2D eigenvalue weighted by atomic mass is 32.1. The molecule has 0 spiro atoms. The molecule has 0 radical (unpaired) electrons. The molecule has 0 saturated heterocycles. The molecule has 3 aromatic heterocycles. The van der Waals surface area contributed by atoms with Crippen LogP contribution in [0.25, 0.3) is 21.3 Å². The van der Waals surface area contributed by atoms with Crippen molar-refractivity contribution >= 4 is 39.8 Å². The molecule has 4 aromatic rings. The van der Waals surface area contributed by atoms with Crippen LogP contribution in [0.2, 0.25) is 0 Å². The van der Waals surface area contributed by atoms with E-state index in [1.807, 2.05) is 29.1 Å². The SMILES string of the molecule is CCn1nc(-c2nccs2)cc1-c1ccc(N(C=O)c2c(F)cccc2F)s1. The molecule has 5 nitrogen and oxygen atoms in total. The maximum atomic E-state index is 14.1. The number of halogens is 2. The van der Waals surface area contributed by atoms with Crippen LogP contribution >= 0.6 is 22.7 Å². The Balaban J connectivity index is 1.74. The predicted octanol–water partition coefficient (Wildman–Crippen LogP) is 5.33. The number of thiazole rings is 1. The number of hydrogen-bond donors (Lipinski definition) is 0. The normalized spacial score (nSPS) is 11.0. The zero-order chi connectivity index (χ0) is 19.7. The molecule has 0 aliphatic rings. The number of carbonyl (C=O) groups is 1. The third kappa shape index (κ3) is 3.23. The molecule has 0 bridgehead atoms. The van der Waals surface area contributed by atoms with Gasteiger partial charge in [-0.1, -0.05) is 6.07 Å². The second-order valence-corrected chi connectivity index (χ2v) is 7.71. The minimum absolute atomic E-state index is 0.390. The van der Waals surface area contributed by atoms with Gasteiger partial charge in [0.15, 0.2) is 0 Å². The first-order valence-electron chi connectivity index (χ1n) is 8.38. The van der Waals surface area contributed by atoms with Gasteiger partial charge in [0, 0.05) is 18.1 Å². The van der Waals surface area contributed by atoms with E-state index in [1.54, 1.807) is 12.3 Å². The number of amides is 1. The van der Waals surface area contributed by atoms with Gasteiger partial charge in [0.05, 0.1) is 10.6 Å². The Kier molecular flexibility index (Phi) is 5.01. The van der Waals surface area contributed by atoms with Crippen LogP contribution in [-0.4, -0.2) is 21.2 Å². The Morgan fingerprint density at radius 2 is 2.00 bits per heavy atom. The first-order valence-corrected chi connectivity index (χ1v) is 10.1. The van der Waals surface area contributed by atoms with Crippen LogP contribution in [0.15, 0.2) is 48.0 Å². The molecule has 0 fully saturated rings. The summed E-state index contributed by atoms with van der Waals surface area (Å²) in [5.41, 5.74) is 1.22. The Labute approximate surface area is 167 Å². The van der Waals surface area contributed by atoms with Crippen LogP contribution in [0.3, 0.4) is 0 Å². The van der Waals surface area contributed by atoms with Crippen molar-refractivity contribution in [2.45, 2.75) is 13.5 Å². The largest absolute Gasteiger partial charge is 0.278 e. The number of hydrogen-bond acceptors (Lipinski definition) is 5. The lowest BCUT2D eigenvalue weighted by molar-refractivity contribution is -0.106. The number of anilines is 2. The minimum atomic E-state index is -0.799. The number of aryl methyl sites for hydroxylation is 1. The first-order chi connectivity index (χ1) is 13.6. The molecular weight excluding hydrogens is 402 g/mol. The molecule has 0 N–H and O–H groups in total. The Hall–Kier alpha value is -2.91. The van der Waals surface area contributed by atoms with Crippen molar-refractivity contribution in [1.29, 1.82) is 0 Å². The molecule has 0 unspecified atom stereocenters. The highest BCUT2D eigenvalue weighted by molar-refractivity contribution is 7.19. The van der Waals surface area contributed by atoms with Gasteiger partial charge in [0.25, 0.3) is 0 Å². The van der Waals surface area contributed by atoms with Gasteiger partial charge < -0.3 is 0 Å². The maximum Gasteiger partial charge on any atom is 0.219 e. The van der Waals surface area contributed by atoms with E-state index in [-0.39, 0.29) is 0 Å². The standard InChI is InChI=1S/C19H14F2N4OS2/c1-2-25-15(10-14(23-25)19-22-8-9-27-19)16-6-7-17(28-16)24(11-26)18-12(20)4-3-5-13(18)21/h3-11H,2H2,1H3. The average molecular weight is 416 g/mol. The fourth-order valence-electron chi connectivity index (χ4n) is 2.84. The van der Waals surface area contributed by atoms with Gasteiger partial charge in [-0.05, 0) is 37.3 Å². The molecule has 4 rings (SSSR count). The van der Waals surface area contributed by atoms with E-state index >= 15 is 0 Å². The average Bonchev–Trinajstić information content (AvgIpc) is 3.44. The molecular formula is C19H14F2N4OS2. The van der Waals surface area contributed by atoms with E-state index < -0.39 is 17.3 Å².